The molecule has 1 saturated heterocycles. The minimum Gasteiger partial charge on any atom is -0.391 e. The predicted molar refractivity (Wildman–Crippen MR) is 71.9 cm³/mol. The van der Waals surface area contributed by atoms with E-state index < -0.39 is 18.1 Å². The first-order valence-electron chi connectivity index (χ1n) is 6.63. The van der Waals surface area contributed by atoms with E-state index in [0.29, 0.717) is 6.42 Å². The van der Waals surface area contributed by atoms with E-state index >= 15 is 0 Å². The topological polar surface area (TPSA) is 110 Å². The van der Waals surface area contributed by atoms with E-state index in [-0.39, 0.29) is 36.8 Å². The first-order chi connectivity index (χ1) is 8.65. The number of β-amino-alcohol motifs (C(OH)–C–C–N with tert-alkyl or cyclic N) is 1. The van der Waals surface area contributed by atoms with Crippen molar-refractivity contribution in [3.63, 3.8) is 0 Å². The normalized spacial score (nSPS) is 25.4. The zero-order valence-corrected chi connectivity index (χ0v) is 11.9. The van der Waals surface area contributed by atoms with Crippen LogP contribution >= 0.6 is 0 Å². The molecule has 0 saturated carbocycles. The Morgan fingerprint density at radius 1 is 1.42 bits per heavy atom. The Morgan fingerprint density at radius 2 is 2.00 bits per heavy atom. The summed E-state index contributed by atoms with van der Waals surface area (Å²) in [7, 11) is 0. The maximum atomic E-state index is 12.4. The molecule has 1 rings (SSSR count). The van der Waals surface area contributed by atoms with Gasteiger partial charge >= 0.3 is 0 Å². The largest absolute Gasteiger partial charge is 0.391 e. The van der Waals surface area contributed by atoms with Crippen molar-refractivity contribution < 1.29 is 14.7 Å². The van der Waals surface area contributed by atoms with Gasteiger partial charge in [0.25, 0.3) is 0 Å². The Morgan fingerprint density at radius 3 is 2.42 bits per heavy atom. The van der Waals surface area contributed by atoms with E-state index in [4.69, 9.17) is 11.5 Å². The minimum absolute atomic E-state index is 0.0275. The molecule has 0 bridgehead atoms. The molecule has 0 aromatic carbocycles. The number of nitrogens with zero attached hydrogens (tertiary/aromatic N) is 1. The van der Waals surface area contributed by atoms with Crippen LogP contribution in [-0.4, -0.2) is 47.1 Å². The standard InChI is InChI=1S/C13H25N3O3/c1-13(2,3)5-8(6-14)12(19)16-7-9(17)4-10(16)11(15)18/h8-10,17H,4-7,14H2,1-3H3,(H2,15,18). The first-order valence-corrected chi connectivity index (χ1v) is 6.63. The van der Waals surface area contributed by atoms with Crippen molar-refractivity contribution in [3.8, 4) is 0 Å². The summed E-state index contributed by atoms with van der Waals surface area (Å²) in [6.45, 7) is 6.50. The van der Waals surface area contributed by atoms with Crippen LogP contribution in [0.5, 0.6) is 0 Å². The van der Waals surface area contributed by atoms with Crippen LogP contribution in [0.1, 0.15) is 33.6 Å². The highest BCUT2D eigenvalue weighted by molar-refractivity contribution is 5.88. The van der Waals surface area contributed by atoms with E-state index in [1.54, 1.807) is 0 Å². The second-order valence-electron chi connectivity index (χ2n) is 6.50. The van der Waals surface area contributed by atoms with Gasteiger partial charge in [-0.05, 0) is 11.8 Å². The number of hydrogen-bond donors (Lipinski definition) is 3. The van der Waals surface area contributed by atoms with Gasteiger partial charge in [0.2, 0.25) is 11.8 Å². The highest BCUT2D eigenvalue weighted by Crippen LogP contribution is 2.27. The SMILES string of the molecule is CC(C)(C)CC(CN)C(=O)N1CC(O)CC1C(N)=O. The summed E-state index contributed by atoms with van der Waals surface area (Å²) in [5.74, 6) is -1.10. The summed E-state index contributed by atoms with van der Waals surface area (Å²) in [5, 5.41) is 9.62. The fourth-order valence-electron chi connectivity index (χ4n) is 2.57. The number of likely N-dealkylation sites (tertiary alicyclic amines) is 1. The molecule has 0 spiro atoms. The summed E-state index contributed by atoms with van der Waals surface area (Å²) in [6, 6.07) is -0.712. The molecule has 110 valence electrons. The van der Waals surface area contributed by atoms with E-state index in [2.05, 4.69) is 0 Å². The molecule has 5 N–H and O–H groups in total. The third-order valence-corrected chi connectivity index (χ3v) is 3.38. The van der Waals surface area contributed by atoms with E-state index in [1.807, 2.05) is 20.8 Å². The third-order valence-electron chi connectivity index (χ3n) is 3.38. The van der Waals surface area contributed by atoms with Gasteiger partial charge in [-0.2, -0.15) is 0 Å². The number of carbonyl (C=O) groups excluding carboxylic acids is 2. The van der Waals surface area contributed by atoms with Crippen molar-refractivity contribution in [1.29, 1.82) is 0 Å². The number of aliphatic hydroxyl groups excluding tert-OH is 1. The quantitative estimate of drug-likeness (QED) is 0.637. The molecule has 1 fully saturated rings. The molecule has 6 heteroatoms. The van der Waals surface area contributed by atoms with Crippen molar-refractivity contribution in [1.82, 2.24) is 4.90 Å². The maximum Gasteiger partial charge on any atom is 0.240 e. The molecule has 0 aromatic heterocycles. The zero-order valence-electron chi connectivity index (χ0n) is 11.9. The first kappa shape index (κ1) is 15.9. The maximum absolute atomic E-state index is 12.4. The van der Waals surface area contributed by atoms with Crippen molar-refractivity contribution >= 4 is 11.8 Å². The number of carbonyl (C=O) groups is 2. The van der Waals surface area contributed by atoms with Gasteiger partial charge in [0.05, 0.1) is 12.0 Å². The lowest BCUT2D eigenvalue weighted by Gasteiger charge is -2.30. The predicted octanol–water partition coefficient (Wildman–Crippen LogP) is -0.555. The van der Waals surface area contributed by atoms with Gasteiger partial charge in [-0.25, -0.2) is 0 Å². The van der Waals surface area contributed by atoms with Crippen molar-refractivity contribution in [2.75, 3.05) is 13.1 Å². The zero-order chi connectivity index (χ0) is 14.8. The van der Waals surface area contributed by atoms with Crippen molar-refractivity contribution in [2.24, 2.45) is 22.8 Å². The third kappa shape index (κ3) is 4.18. The molecule has 19 heavy (non-hydrogen) atoms. The molecular weight excluding hydrogens is 246 g/mol. The van der Waals surface area contributed by atoms with Crippen molar-refractivity contribution in [3.05, 3.63) is 0 Å². The van der Waals surface area contributed by atoms with E-state index in [1.165, 1.54) is 4.90 Å². The average molecular weight is 271 g/mol. The lowest BCUT2D eigenvalue weighted by molar-refractivity contribution is -0.141. The van der Waals surface area contributed by atoms with Gasteiger partial charge in [0.15, 0.2) is 0 Å². The van der Waals surface area contributed by atoms with Crippen LogP contribution < -0.4 is 11.5 Å². The monoisotopic (exact) mass is 271 g/mol. The van der Waals surface area contributed by atoms with Gasteiger partial charge in [-0.15, -0.1) is 0 Å². The minimum atomic E-state index is -0.712. The fraction of sp³-hybridized carbons (Fsp3) is 0.846. The molecule has 0 aliphatic carbocycles. The summed E-state index contributed by atoms with van der Waals surface area (Å²) in [5.41, 5.74) is 10.9. The Bertz CT molecular complexity index is 352. The smallest absolute Gasteiger partial charge is 0.240 e. The van der Waals surface area contributed by atoms with Gasteiger partial charge in [-0.3, -0.25) is 9.59 Å². The van der Waals surface area contributed by atoms with Crippen LogP contribution in [-0.2, 0) is 9.59 Å². The highest BCUT2D eigenvalue weighted by atomic mass is 16.3. The molecule has 3 atom stereocenters. The molecule has 0 radical (unpaired) electrons. The summed E-state index contributed by atoms with van der Waals surface area (Å²) in [6.07, 6.45) is 0.170. The molecule has 1 aliphatic rings. The van der Waals surface area contributed by atoms with Crippen LogP contribution in [0.25, 0.3) is 0 Å². The molecule has 1 aliphatic heterocycles. The number of primary amides is 1. The second kappa shape index (κ2) is 5.88. The molecule has 3 unspecified atom stereocenters. The number of rotatable bonds is 4. The van der Waals surface area contributed by atoms with Crippen LogP contribution in [0, 0.1) is 11.3 Å². The van der Waals surface area contributed by atoms with Crippen molar-refractivity contribution in [2.45, 2.75) is 45.8 Å². The van der Waals surface area contributed by atoms with Gasteiger partial charge in [-0.1, -0.05) is 20.8 Å². The number of aliphatic hydroxyl groups is 1. The van der Waals surface area contributed by atoms with Crippen LogP contribution in [0.15, 0.2) is 0 Å². The second-order valence-corrected chi connectivity index (χ2v) is 6.50. The molecule has 2 amide bonds. The summed E-state index contributed by atoms with van der Waals surface area (Å²) < 4.78 is 0. The van der Waals surface area contributed by atoms with E-state index in [9.17, 15) is 14.7 Å². The number of nitrogens with two attached hydrogens (primary N) is 2. The van der Waals surface area contributed by atoms with Gasteiger partial charge < -0.3 is 21.5 Å². The lowest BCUT2D eigenvalue weighted by atomic mass is 9.84. The molecule has 6 nitrogen and oxygen atoms in total. The Hall–Kier alpha value is -1.14. The average Bonchev–Trinajstić information content (AvgIpc) is 2.66. The number of hydrogen-bond acceptors (Lipinski definition) is 4. The lowest BCUT2D eigenvalue weighted by Crippen LogP contribution is -2.48. The van der Waals surface area contributed by atoms with Gasteiger partial charge in [0, 0.05) is 19.5 Å². The Labute approximate surface area is 114 Å². The van der Waals surface area contributed by atoms with E-state index in [0.717, 1.165) is 0 Å². The molecule has 1 heterocycles. The van der Waals surface area contributed by atoms with Crippen LogP contribution in [0.4, 0.5) is 0 Å². The van der Waals surface area contributed by atoms with Gasteiger partial charge in [0.1, 0.15) is 6.04 Å². The highest BCUT2D eigenvalue weighted by Gasteiger charge is 2.40. The van der Waals surface area contributed by atoms with Crippen LogP contribution in [0.2, 0.25) is 0 Å². The summed E-state index contributed by atoms with van der Waals surface area (Å²) in [4.78, 5) is 25.2. The molecular formula is C13H25N3O3. The fourth-order valence-corrected chi connectivity index (χ4v) is 2.57. The number of amides is 2. The molecule has 0 aromatic rings. The summed E-state index contributed by atoms with van der Waals surface area (Å²) >= 11 is 0. The Balaban J connectivity index is 2.81. The Kier molecular flexibility index (Phi) is 4.92. The van der Waals surface area contributed by atoms with Crippen LogP contribution in [0.3, 0.4) is 0 Å².